The molecular formula is C15H20N4O2. The first-order chi connectivity index (χ1) is 10.1. The van der Waals surface area contributed by atoms with Crippen molar-refractivity contribution in [3.8, 4) is 11.8 Å². The van der Waals surface area contributed by atoms with Crippen LogP contribution in [0, 0.1) is 11.8 Å². The number of amides is 2. The van der Waals surface area contributed by atoms with Crippen molar-refractivity contribution in [1.29, 1.82) is 0 Å². The van der Waals surface area contributed by atoms with E-state index in [9.17, 15) is 9.59 Å². The summed E-state index contributed by atoms with van der Waals surface area (Å²) in [6.45, 7) is 2.63. The van der Waals surface area contributed by atoms with E-state index in [1.54, 1.807) is 12.3 Å². The molecule has 6 heteroatoms. The van der Waals surface area contributed by atoms with Gasteiger partial charge in [0, 0.05) is 24.5 Å². The molecule has 0 radical (unpaired) electrons. The van der Waals surface area contributed by atoms with Crippen molar-refractivity contribution < 1.29 is 9.59 Å². The van der Waals surface area contributed by atoms with Crippen LogP contribution in [-0.2, 0) is 4.79 Å². The Hall–Kier alpha value is -2.39. The Morgan fingerprint density at radius 1 is 1.38 bits per heavy atom. The number of hydrogen-bond acceptors (Lipinski definition) is 4. The smallest absolute Gasteiger partial charge is 0.255 e. The van der Waals surface area contributed by atoms with E-state index in [2.05, 4.69) is 16.8 Å². The van der Waals surface area contributed by atoms with Crippen LogP contribution in [0.25, 0.3) is 0 Å². The maximum Gasteiger partial charge on any atom is 0.255 e. The van der Waals surface area contributed by atoms with Gasteiger partial charge >= 0.3 is 0 Å². The summed E-state index contributed by atoms with van der Waals surface area (Å²) >= 11 is 0. The number of carbonyl (C=O) groups is 2. The fourth-order valence-electron chi connectivity index (χ4n) is 1.75. The van der Waals surface area contributed by atoms with E-state index in [1.165, 1.54) is 11.1 Å². The van der Waals surface area contributed by atoms with Crippen LogP contribution in [0.3, 0.4) is 0 Å². The van der Waals surface area contributed by atoms with E-state index >= 15 is 0 Å². The second-order valence-corrected chi connectivity index (χ2v) is 4.51. The molecule has 0 saturated heterocycles. The Labute approximate surface area is 124 Å². The number of primary amides is 1. The number of pyridine rings is 1. The molecule has 1 aromatic heterocycles. The highest BCUT2D eigenvalue weighted by Crippen LogP contribution is 2.07. The molecule has 1 rings (SSSR count). The van der Waals surface area contributed by atoms with E-state index in [1.807, 2.05) is 6.92 Å². The molecule has 2 amide bonds. The highest BCUT2D eigenvalue weighted by atomic mass is 16.2. The molecule has 0 saturated carbocycles. The minimum absolute atomic E-state index is 0.0997. The zero-order chi connectivity index (χ0) is 15.7. The third kappa shape index (κ3) is 5.63. The number of unbranched alkanes of at least 4 members (excludes halogenated alkanes) is 1. The van der Waals surface area contributed by atoms with E-state index in [4.69, 9.17) is 11.5 Å². The Kier molecular flexibility index (Phi) is 6.92. The number of nitrogens with two attached hydrogens (primary N) is 2. The summed E-state index contributed by atoms with van der Waals surface area (Å²) in [6.07, 6.45) is 4.74. The van der Waals surface area contributed by atoms with Crippen LogP contribution in [-0.4, -0.2) is 41.3 Å². The maximum absolute atomic E-state index is 12.4. The summed E-state index contributed by atoms with van der Waals surface area (Å²) in [5, 5.41) is 0. The standard InChI is InChI=1S/C15H20N4O2/c1-2-3-7-19(11-14(17)20)15(21)13-8-12(5-4-6-16)9-18-10-13/h8-10H,2-3,6-7,11,16H2,1H3,(H2,17,20). The Morgan fingerprint density at radius 2 is 2.14 bits per heavy atom. The molecule has 4 N–H and O–H groups in total. The lowest BCUT2D eigenvalue weighted by atomic mass is 10.1. The van der Waals surface area contributed by atoms with Gasteiger partial charge in [0.25, 0.3) is 5.91 Å². The summed E-state index contributed by atoms with van der Waals surface area (Å²) in [5.41, 5.74) is 11.5. The van der Waals surface area contributed by atoms with Crippen molar-refractivity contribution in [2.45, 2.75) is 19.8 Å². The molecule has 0 aliphatic carbocycles. The molecule has 0 unspecified atom stereocenters. The van der Waals surface area contributed by atoms with Gasteiger partial charge in [-0.2, -0.15) is 0 Å². The summed E-state index contributed by atoms with van der Waals surface area (Å²) in [7, 11) is 0. The number of hydrogen-bond donors (Lipinski definition) is 2. The van der Waals surface area contributed by atoms with E-state index in [0.29, 0.717) is 17.7 Å². The quantitative estimate of drug-likeness (QED) is 0.726. The minimum Gasteiger partial charge on any atom is -0.368 e. The molecule has 0 aliphatic heterocycles. The predicted molar refractivity (Wildman–Crippen MR) is 80.2 cm³/mol. The molecule has 21 heavy (non-hydrogen) atoms. The highest BCUT2D eigenvalue weighted by molar-refractivity contribution is 5.96. The second kappa shape index (κ2) is 8.72. The molecule has 6 nitrogen and oxygen atoms in total. The summed E-state index contributed by atoms with van der Waals surface area (Å²) in [6, 6.07) is 1.64. The van der Waals surface area contributed by atoms with Crippen LogP contribution in [0.1, 0.15) is 35.7 Å². The minimum atomic E-state index is -0.536. The summed E-state index contributed by atoms with van der Waals surface area (Å²) in [5.74, 6) is 4.72. The summed E-state index contributed by atoms with van der Waals surface area (Å²) < 4.78 is 0. The normalized spacial score (nSPS) is 9.62. The zero-order valence-corrected chi connectivity index (χ0v) is 12.1. The Balaban J connectivity index is 2.94. The highest BCUT2D eigenvalue weighted by Gasteiger charge is 2.17. The molecule has 1 heterocycles. The molecule has 0 aliphatic rings. The van der Waals surface area contributed by atoms with Gasteiger partial charge in [-0.3, -0.25) is 14.6 Å². The van der Waals surface area contributed by atoms with Gasteiger partial charge < -0.3 is 16.4 Å². The molecule has 0 fully saturated rings. The lowest BCUT2D eigenvalue weighted by Gasteiger charge is -2.20. The fourth-order valence-corrected chi connectivity index (χ4v) is 1.75. The van der Waals surface area contributed by atoms with Crippen molar-refractivity contribution in [3.05, 3.63) is 29.6 Å². The number of nitrogens with zero attached hydrogens (tertiary/aromatic N) is 2. The molecule has 112 valence electrons. The summed E-state index contributed by atoms with van der Waals surface area (Å²) in [4.78, 5) is 28.9. The topological polar surface area (TPSA) is 102 Å². The van der Waals surface area contributed by atoms with Crippen LogP contribution < -0.4 is 11.5 Å². The van der Waals surface area contributed by atoms with Gasteiger partial charge in [0.2, 0.25) is 5.91 Å². The van der Waals surface area contributed by atoms with Gasteiger partial charge in [0.15, 0.2) is 0 Å². The number of carbonyl (C=O) groups excluding carboxylic acids is 2. The van der Waals surface area contributed by atoms with Crippen molar-refractivity contribution in [2.24, 2.45) is 11.5 Å². The first-order valence-corrected chi connectivity index (χ1v) is 6.80. The van der Waals surface area contributed by atoms with Crippen molar-refractivity contribution in [1.82, 2.24) is 9.88 Å². The SMILES string of the molecule is CCCCN(CC(N)=O)C(=O)c1cncc(C#CCN)c1. The molecule has 0 atom stereocenters. The molecule has 1 aromatic rings. The van der Waals surface area contributed by atoms with Crippen molar-refractivity contribution in [3.63, 3.8) is 0 Å². The molecule has 0 spiro atoms. The first-order valence-electron chi connectivity index (χ1n) is 6.80. The van der Waals surface area contributed by atoms with Gasteiger partial charge in [-0.15, -0.1) is 0 Å². The first kappa shape index (κ1) is 16.7. The van der Waals surface area contributed by atoms with Crippen molar-refractivity contribution in [2.75, 3.05) is 19.6 Å². The Bertz CT molecular complexity index is 560. The molecule has 0 bridgehead atoms. The van der Waals surface area contributed by atoms with E-state index < -0.39 is 5.91 Å². The molecular weight excluding hydrogens is 268 g/mol. The second-order valence-electron chi connectivity index (χ2n) is 4.51. The van der Waals surface area contributed by atoms with Crippen molar-refractivity contribution >= 4 is 11.8 Å². The van der Waals surface area contributed by atoms with Gasteiger partial charge in [0.05, 0.1) is 18.7 Å². The largest absolute Gasteiger partial charge is 0.368 e. The van der Waals surface area contributed by atoms with Gasteiger partial charge in [0.1, 0.15) is 0 Å². The van der Waals surface area contributed by atoms with Crippen LogP contribution in [0.15, 0.2) is 18.5 Å². The van der Waals surface area contributed by atoms with E-state index in [0.717, 1.165) is 12.8 Å². The van der Waals surface area contributed by atoms with Crippen LogP contribution >= 0.6 is 0 Å². The van der Waals surface area contributed by atoms with Crippen LogP contribution in [0.4, 0.5) is 0 Å². The third-order valence-electron chi connectivity index (χ3n) is 2.74. The zero-order valence-electron chi connectivity index (χ0n) is 12.1. The van der Waals surface area contributed by atoms with Crippen LogP contribution in [0.2, 0.25) is 0 Å². The average Bonchev–Trinajstić information content (AvgIpc) is 2.48. The predicted octanol–water partition coefficient (Wildman–Crippen LogP) is 0.119. The monoisotopic (exact) mass is 288 g/mol. The van der Waals surface area contributed by atoms with Crippen LogP contribution in [0.5, 0.6) is 0 Å². The number of aromatic nitrogens is 1. The lowest BCUT2D eigenvalue weighted by molar-refractivity contribution is -0.118. The average molecular weight is 288 g/mol. The maximum atomic E-state index is 12.4. The van der Waals surface area contributed by atoms with E-state index in [-0.39, 0.29) is 19.0 Å². The van der Waals surface area contributed by atoms with Gasteiger partial charge in [-0.25, -0.2) is 0 Å². The lowest BCUT2D eigenvalue weighted by Crippen LogP contribution is -2.39. The molecule has 0 aromatic carbocycles. The van der Waals surface area contributed by atoms with Gasteiger partial charge in [-0.1, -0.05) is 25.2 Å². The number of rotatable bonds is 6. The third-order valence-corrected chi connectivity index (χ3v) is 2.74. The Morgan fingerprint density at radius 3 is 2.76 bits per heavy atom. The fraction of sp³-hybridized carbons (Fsp3) is 0.400. The van der Waals surface area contributed by atoms with Gasteiger partial charge in [-0.05, 0) is 12.5 Å².